The molecule has 1 aromatic carbocycles. The molecule has 0 amide bonds. The molecule has 3 nitrogen and oxygen atoms in total. The predicted octanol–water partition coefficient (Wildman–Crippen LogP) is 3.11. The van der Waals surface area contributed by atoms with Crippen molar-refractivity contribution in [1.29, 1.82) is 0 Å². The average molecular weight is 241 g/mol. The van der Waals surface area contributed by atoms with Gasteiger partial charge in [0.15, 0.2) is 0 Å². The highest BCUT2D eigenvalue weighted by Crippen LogP contribution is 2.20. The number of hydrogen-bond donors (Lipinski definition) is 2. The summed E-state index contributed by atoms with van der Waals surface area (Å²) in [6, 6.07) is 11.3. The third-order valence-corrected chi connectivity index (χ3v) is 3.67. The number of rotatable bonds is 4. The van der Waals surface area contributed by atoms with Crippen LogP contribution in [0, 0.1) is 0 Å². The van der Waals surface area contributed by atoms with Crippen molar-refractivity contribution in [2.45, 2.75) is 38.3 Å². The largest absolute Gasteiger partial charge is 0.310 e. The number of nitrogens with zero attached hydrogens (tertiary/aromatic N) is 1. The normalized spacial score (nSPS) is 16.2. The SMILES string of the molecule is c1cc(CNC2CCCC2)cc(-c2cc[nH]n2)c1. The summed E-state index contributed by atoms with van der Waals surface area (Å²) in [5.74, 6) is 0. The van der Waals surface area contributed by atoms with Gasteiger partial charge in [0.05, 0.1) is 5.69 Å². The molecule has 3 heteroatoms. The van der Waals surface area contributed by atoms with E-state index in [-0.39, 0.29) is 0 Å². The fourth-order valence-corrected chi connectivity index (χ4v) is 2.65. The molecule has 1 aromatic heterocycles. The smallest absolute Gasteiger partial charge is 0.0920 e. The molecule has 1 aliphatic rings. The molecule has 1 fully saturated rings. The Kier molecular flexibility index (Phi) is 3.42. The van der Waals surface area contributed by atoms with Crippen LogP contribution < -0.4 is 5.32 Å². The van der Waals surface area contributed by atoms with Gasteiger partial charge in [-0.1, -0.05) is 31.0 Å². The molecule has 0 saturated heterocycles. The fourth-order valence-electron chi connectivity index (χ4n) is 2.65. The monoisotopic (exact) mass is 241 g/mol. The first-order chi connectivity index (χ1) is 8.92. The van der Waals surface area contributed by atoms with E-state index in [9.17, 15) is 0 Å². The van der Waals surface area contributed by atoms with Crippen molar-refractivity contribution >= 4 is 0 Å². The number of hydrogen-bond acceptors (Lipinski definition) is 2. The highest BCUT2D eigenvalue weighted by atomic mass is 15.1. The molecule has 2 N–H and O–H groups in total. The summed E-state index contributed by atoms with van der Waals surface area (Å²) in [4.78, 5) is 0. The van der Waals surface area contributed by atoms with Crippen LogP contribution in [0.2, 0.25) is 0 Å². The first-order valence-electron chi connectivity index (χ1n) is 6.74. The summed E-state index contributed by atoms with van der Waals surface area (Å²) < 4.78 is 0. The van der Waals surface area contributed by atoms with Gasteiger partial charge >= 0.3 is 0 Å². The van der Waals surface area contributed by atoms with E-state index < -0.39 is 0 Å². The van der Waals surface area contributed by atoms with E-state index in [2.05, 4.69) is 39.8 Å². The lowest BCUT2D eigenvalue weighted by Crippen LogP contribution is -2.25. The fraction of sp³-hybridized carbons (Fsp3) is 0.400. The molecule has 0 atom stereocenters. The van der Waals surface area contributed by atoms with E-state index in [1.165, 1.54) is 36.8 Å². The number of H-pyrrole nitrogens is 1. The van der Waals surface area contributed by atoms with E-state index in [0.29, 0.717) is 0 Å². The van der Waals surface area contributed by atoms with Gasteiger partial charge in [0.2, 0.25) is 0 Å². The van der Waals surface area contributed by atoms with Crippen molar-refractivity contribution in [2.75, 3.05) is 0 Å². The van der Waals surface area contributed by atoms with Crippen LogP contribution in [-0.2, 0) is 6.54 Å². The molecule has 1 heterocycles. The maximum atomic E-state index is 4.22. The zero-order valence-corrected chi connectivity index (χ0v) is 10.5. The minimum Gasteiger partial charge on any atom is -0.310 e. The highest BCUT2D eigenvalue weighted by Gasteiger charge is 2.13. The maximum Gasteiger partial charge on any atom is 0.0920 e. The van der Waals surface area contributed by atoms with E-state index in [4.69, 9.17) is 0 Å². The molecule has 0 spiro atoms. The van der Waals surface area contributed by atoms with Crippen LogP contribution in [0.25, 0.3) is 11.3 Å². The summed E-state index contributed by atoms with van der Waals surface area (Å²) in [7, 11) is 0. The first kappa shape index (κ1) is 11.5. The summed E-state index contributed by atoms with van der Waals surface area (Å²) in [6.07, 6.45) is 7.28. The van der Waals surface area contributed by atoms with Gasteiger partial charge in [-0.05, 0) is 30.5 Å². The van der Waals surface area contributed by atoms with E-state index in [1.807, 2.05) is 12.3 Å². The summed E-state index contributed by atoms with van der Waals surface area (Å²) in [5, 5.41) is 10.7. The molecule has 3 rings (SSSR count). The Labute approximate surface area is 108 Å². The molecule has 1 saturated carbocycles. The molecule has 0 unspecified atom stereocenters. The lowest BCUT2D eigenvalue weighted by Gasteiger charge is -2.12. The van der Waals surface area contributed by atoms with Gasteiger partial charge in [0.25, 0.3) is 0 Å². The van der Waals surface area contributed by atoms with Crippen LogP contribution in [0.5, 0.6) is 0 Å². The summed E-state index contributed by atoms with van der Waals surface area (Å²) >= 11 is 0. The van der Waals surface area contributed by atoms with Crippen LogP contribution in [0.15, 0.2) is 36.5 Å². The van der Waals surface area contributed by atoms with Gasteiger partial charge in [-0.3, -0.25) is 5.10 Å². The molecule has 0 bridgehead atoms. The molecule has 0 aliphatic heterocycles. The Morgan fingerprint density at radius 2 is 2.11 bits per heavy atom. The molecule has 94 valence electrons. The summed E-state index contributed by atoms with van der Waals surface area (Å²) in [5.41, 5.74) is 3.53. The van der Waals surface area contributed by atoms with E-state index in [0.717, 1.165) is 18.3 Å². The Bertz CT molecular complexity index is 484. The quantitative estimate of drug-likeness (QED) is 0.863. The van der Waals surface area contributed by atoms with Crippen LogP contribution in [-0.4, -0.2) is 16.2 Å². The lowest BCUT2D eigenvalue weighted by molar-refractivity contribution is 0.524. The minimum atomic E-state index is 0.721. The van der Waals surface area contributed by atoms with Gasteiger partial charge in [0.1, 0.15) is 0 Å². The number of aromatic nitrogens is 2. The Hall–Kier alpha value is -1.61. The van der Waals surface area contributed by atoms with Crippen molar-refractivity contribution in [3.05, 3.63) is 42.1 Å². The zero-order chi connectivity index (χ0) is 12.2. The van der Waals surface area contributed by atoms with Crippen molar-refractivity contribution in [2.24, 2.45) is 0 Å². The van der Waals surface area contributed by atoms with E-state index in [1.54, 1.807) is 0 Å². The van der Waals surface area contributed by atoms with Crippen molar-refractivity contribution in [3.8, 4) is 11.3 Å². The van der Waals surface area contributed by atoms with Gasteiger partial charge < -0.3 is 5.32 Å². The number of benzene rings is 1. The Morgan fingerprint density at radius 3 is 2.89 bits per heavy atom. The van der Waals surface area contributed by atoms with Crippen molar-refractivity contribution < 1.29 is 0 Å². The maximum absolute atomic E-state index is 4.22. The predicted molar refractivity (Wildman–Crippen MR) is 73.1 cm³/mol. The van der Waals surface area contributed by atoms with Gasteiger partial charge in [-0.15, -0.1) is 0 Å². The van der Waals surface area contributed by atoms with Gasteiger partial charge in [-0.2, -0.15) is 5.10 Å². The van der Waals surface area contributed by atoms with Crippen LogP contribution in [0.4, 0.5) is 0 Å². The molecule has 18 heavy (non-hydrogen) atoms. The third kappa shape index (κ3) is 2.62. The Morgan fingerprint density at radius 1 is 1.22 bits per heavy atom. The van der Waals surface area contributed by atoms with E-state index >= 15 is 0 Å². The second kappa shape index (κ2) is 5.36. The average Bonchev–Trinajstić information content (AvgIpc) is 3.10. The first-order valence-corrected chi connectivity index (χ1v) is 6.74. The number of nitrogens with one attached hydrogen (secondary N) is 2. The van der Waals surface area contributed by atoms with Crippen LogP contribution >= 0.6 is 0 Å². The molecule has 0 radical (unpaired) electrons. The topological polar surface area (TPSA) is 40.7 Å². The third-order valence-electron chi connectivity index (χ3n) is 3.67. The molecule has 1 aliphatic carbocycles. The zero-order valence-electron chi connectivity index (χ0n) is 10.5. The van der Waals surface area contributed by atoms with Crippen molar-refractivity contribution in [3.63, 3.8) is 0 Å². The van der Waals surface area contributed by atoms with Crippen molar-refractivity contribution in [1.82, 2.24) is 15.5 Å². The molecule has 2 aromatic rings. The second-order valence-corrected chi connectivity index (χ2v) is 5.02. The highest BCUT2D eigenvalue weighted by molar-refractivity contribution is 5.59. The van der Waals surface area contributed by atoms with Crippen LogP contribution in [0.1, 0.15) is 31.2 Å². The number of aromatic amines is 1. The Balaban J connectivity index is 1.67. The molecular weight excluding hydrogens is 222 g/mol. The second-order valence-electron chi connectivity index (χ2n) is 5.02. The van der Waals surface area contributed by atoms with Crippen LogP contribution in [0.3, 0.4) is 0 Å². The minimum absolute atomic E-state index is 0.721. The van der Waals surface area contributed by atoms with Gasteiger partial charge in [0, 0.05) is 24.3 Å². The molecular formula is C15H19N3. The lowest BCUT2D eigenvalue weighted by atomic mass is 10.1. The van der Waals surface area contributed by atoms with Gasteiger partial charge in [-0.25, -0.2) is 0 Å². The summed E-state index contributed by atoms with van der Waals surface area (Å²) in [6.45, 7) is 0.961. The standard InChI is InChI=1S/C15H19N3/c1-2-7-14(6-1)16-11-12-4-3-5-13(10-12)15-8-9-17-18-15/h3-5,8-10,14,16H,1-2,6-7,11H2,(H,17,18).